The van der Waals surface area contributed by atoms with Gasteiger partial charge in [0.25, 0.3) is 5.91 Å². The molecule has 9 heteroatoms. The first-order valence-corrected chi connectivity index (χ1v) is 10.9. The fourth-order valence-corrected chi connectivity index (χ4v) is 3.17. The van der Waals surface area contributed by atoms with E-state index in [2.05, 4.69) is 16.0 Å². The van der Waals surface area contributed by atoms with E-state index in [0.29, 0.717) is 59.1 Å². The van der Waals surface area contributed by atoms with E-state index >= 15 is 0 Å². The molecule has 3 rings (SSSR count). The first-order valence-electron chi connectivity index (χ1n) is 10.5. The number of carbonyl (C=O) groups is 1. The minimum absolute atomic E-state index is 0.280. The number of nitrogens with one attached hydrogen (secondary N) is 3. The molecule has 1 heterocycles. The van der Waals surface area contributed by atoms with Crippen molar-refractivity contribution in [2.45, 2.75) is 20.4 Å². The molecule has 0 aliphatic rings. The van der Waals surface area contributed by atoms with Crippen LogP contribution in [-0.4, -0.2) is 31.3 Å². The van der Waals surface area contributed by atoms with Gasteiger partial charge in [-0.15, -0.1) is 0 Å². The van der Waals surface area contributed by atoms with E-state index in [9.17, 15) is 4.79 Å². The first-order chi connectivity index (χ1) is 16.0. The molecule has 0 spiro atoms. The highest BCUT2D eigenvalue weighted by atomic mass is 32.1. The van der Waals surface area contributed by atoms with Gasteiger partial charge in [0.15, 0.2) is 5.11 Å². The number of rotatable bonds is 10. The van der Waals surface area contributed by atoms with Gasteiger partial charge in [-0.25, -0.2) is 0 Å². The molecule has 33 heavy (non-hydrogen) atoms. The Bertz CT molecular complexity index is 1070. The quantitative estimate of drug-likeness (QED) is 0.364. The van der Waals surface area contributed by atoms with Crippen LogP contribution in [-0.2, 0) is 6.54 Å². The Morgan fingerprint density at radius 3 is 2.15 bits per heavy atom. The molecule has 3 aromatic rings. The molecule has 0 unspecified atom stereocenters. The molecule has 174 valence electrons. The summed E-state index contributed by atoms with van der Waals surface area (Å²) in [5, 5.41) is 9.50. The van der Waals surface area contributed by atoms with E-state index in [4.69, 9.17) is 30.8 Å². The van der Waals surface area contributed by atoms with Gasteiger partial charge in [0.05, 0.1) is 44.5 Å². The standard InChI is InChI=1S/C24H27N3O5S/c1-4-30-21-14-20(27-24(33)25-15-18-7-6-12-32-18)22(31-5-2)13-19(21)26-23(28)16-8-10-17(29-3)11-9-16/h6-14H,4-5,15H2,1-3H3,(H,26,28)(H2,25,27,33). The molecule has 0 radical (unpaired) electrons. The van der Waals surface area contributed by atoms with E-state index in [-0.39, 0.29) is 5.91 Å². The SMILES string of the molecule is CCOc1cc(NC(=S)NCc2ccco2)c(OCC)cc1NC(=O)c1ccc(OC)cc1. The fraction of sp³-hybridized carbons (Fsp3) is 0.250. The van der Waals surface area contributed by atoms with Crippen molar-refractivity contribution in [1.82, 2.24) is 5.32 Å². The second-order valence-electron chi connectivity index (χ2n) is 6.78. The maximum Gasteiger partial charge on any atom is 0.255 e. The molecular weight excluding hydrogens is 442 g/mol. The van der Waals surface area contributed by atoms with E-state index in [1.54, 1.807) is 49.8 Å². The van der Waals surface area contributed by atoms with Crippen molar-refractivity contribution in [1.29, 1.82) is 0 Å². The second-order valence-corrected chi connectivity index (χ2v) is 7.19. The largest absolute Gasteiger partial charge is 0.497 e. The van der Waals surface area contributed by atoms with Crippen LogP contribution < -0.4 is 30.2 Å². The predicted molar refractivity (Wildman–Crippen MR) is 131 cm³/mol. The van der Waals surface area contributed by atoms with Gasteiger partial charge in [-0.2, -0.15) is 0 Å². The Morgan fingerprint density at radius 1 is 0.970 bits per heavy atom. The normalized spacial score (nSPS) is 10.3. The average molecular weight is 470 g/mol. The van der Waals surface area contributed by atoms with Crippen molar-refractivity contribution in [3.63, 3.8) is 0 Å². The molecule has 0 atom stereocenters. The second kappa shape index (κ2) is 11.8. The molecule has 2 aromatic carbocycles. The van der Waals surface area contributed by atoms with Gasteiger partial charge in [-0.05, 0) is 62.5 Å². The molecular formula is C24H27N3O5S. The molecule has 1 aromatic heterocycles. The molecule has 1 amide bonds. The number of amides is 1. The van der Waals surface area contributed by atoms with Crippen LogP contribution in [0.15, 0.2) is 59.2 Å². The van der Waals surface area contributed by atoms with Crippen molar-refractivity contribution >= 4 is 34.6 Å². The Hall–Kier alpha value is -3.72. The molecule has 0 bridgehead atoms. The van der Waals surface area contributed by atoms with Crippen molar-refractivity contribution in [2.75, 3.05) is 31.0 Å². The summed E-state index contributed by atoms with van der Waals surface area (Å²) in [6.45, 7) is 5.04. The lowest BCUT2D eigenvalue weighted by Crippen LogP contribution is -2.28. The minimum atomic E-state index is -0.280. The van der Waals surface area contributed by atoms with Gasteiger partial charge in [0.2, 0.25) is 0 Å². The van der Waals surface area contributed by atoms with Gasteiger partial charge < -0.3 is 34.6 Å². The maximum absolute atomic E-state index is 12.8. The number of benzene rings is 2. The summed E-state index contributed by atoms with van der Waals surface area (Å²) >= 11 is 5.41. The highest BCUT2D eigenvalue weighted by Crippen LogP contribution is 2.37. The topological polar surface area (TPSA) is 94.0 Å². The highest BCUT2D eigenvalue weighted by Gasteiger charge is 2.16. The third-order valence-electron chi connectivity index (χ3n) is 4.53. The van der Waals surface area contributed by atoms with Crippen LogP contribution in [0.4, 0.5) is 11.4 Å². The molecule has 0 aliphatic carbocycles. The summed E-state index contributed by atoms with van der Waals surface area (Å²) in [5.74, 6) is 2.16. The number of hydrogen-bond donors (Lipinski definition) is 3. The molecule has 0 fully saturated rings. The summed E-state index contributed by atoms with van der Waals surface area (Å²) in [6, 6.07) is 14.0. The zero-order valence-electron chi connectivity index (χ0n) is 18.8. The van der Waals surface area contributed by atoms with E-state index < -0.39 is 0 Å². The molecule has 0 saturated carbocycles. The Balaban J connectivity index is 1.80. The van der Waals surface area contributed by atoms with Gasteiger partial charge in [-0.3, -0.25) is 4.79 Å². The number of hydrogen-bond acceptors (Lipinski definition) is 6. The lowest BCUT2D eigenvalue weighted by atomic mass is 10.2. The van der Waals surface area contributed by atoms with Crippen LogP contribution in [0.2, 0.25) is 0 Å². The lowest BCUT2D eigenvalue weighted by Gasteiger charge is -2.19. The zero-order valence-corrected chi connectivity index (χ0v) is 19.6. The average Bonchev–Trinajstić information content (AvgIpc) is 3.34. The fourth-order valence-electron chi connectivity index (χ4n) is 2.99. The van der Waals surface area contributed by atoms with Gasteiger partial charge >= 0.3 is 0 Å². The lowest BCUT2D eigenvalue weighted by molar-refractivity contribution is 0.102. The van der Waals surface area contributed by atoms with Gasteiger partial charge in [0.1, 0.15) is 23.0 Å². The number of ether oxygens (including phenoxy) is 3. The molecule has 8 nitrogen and oxygen atoms in total. The predicted octanol–water partition coefficient (Wildman–Crippen LogP) is 4.82. The third kappa shape index (κ3) is 6.63. The van der Waals surface area contributed by atoms with E-state index in [1.807, 2.05) is 26.0 Å². The highest BCUT2D eigenvalue weighted by molar-refractivity contribution is 7.80. The number of methoxy groups -OCH3 is 1. The Labute approximate surface area is 198 Å². The van der Waals surface area contributed by atoms with Crippen LogP contribution in [0.3, 0.4) is 0 Å². The minimum Gasteiger partial charge on any atom is -0.497 e. The first kappa shape index (κ1) is 23.9. The van der Waals surface area contributed by atoms with Crippen LogP contribution in [0.1, 0.15) is 30.0 Å². The van der Waals surface area contributed by atoms with Gasteiger partial charge in [-0.1, -0.05) is 0 Å². The zero-order chi connectivity index (χ0) is 23.6. The number of carbonyl (C=O) groups excluding carboxylic acids is 1. The number of furan rings is 1. The van der Waals surface area contributed by atoms with Crippen LogP contribution in [0.5, 0.6) is 17.2 Å². The summed E-state index contributed by atoms with van der Waals surface area (Å²) in [6.07, 6.45) is 1.61. The Kier molecular flexibility index (Phi) is 8.54. The summed E-state index contributed by atoms with van der Waals surface area (Å²) in [5.41, 5.74) is 1.59. The third-order valence-corrected chi connectivity index (χ3v) is 4.78. The van der Waals surface area contributed by atoms with Crippen molar-refractivity contribution in [2.24, 2.45) is 0 Å². The van der Waals surface area contributed by atoms with Gasteiger partial charge in [0, 0.05) is 17.7 Å². The summed E-state index contributed by atoms with van der Waals surface area (Å²) in [4.78, 5) is 12.8. The van der Waals surface area contributed by atoms with Crippen molar-refractivity contribution in [3.8, 4) is 17.2 Å². The number of thiocarbonyl (C=S) groups is 1. The van der Waals surface area contributed by atoms with Crippen molar-refractivity contribution in [3.05, 3.63) is 66.1 Å². The van der Waals surface area contributed by atoms with Crippen LogP contribution in [0.25, 0.3) is 0 Å². The molecule has 0 aliphatic heterocycles. The molecule has 3 N–H and O–H groups in total. The van der Waals surface area contributed by atoms with E-state index in [0.717, 1.165) is 5.76 Å². The monoisotopic (exact) mass is 469 g/mol. The van der Waals surface area contributed by atoms with Crippen LogP contribution in [0, 0.1) is 0 Å². The smallest absolute Gasteiger partial charge is 0.255 e. The van der Waals surface area contributed by atoms with E-state index in [1.165, 1.54) is 0 Å². The molecule has 0 saturated heterocycles. The van der Waals surface area contributed by atoms with Crippen LogP contribution >= 0.6 is 12.2 Å². The summed E-state index contributed by atoms with van der Waals surface area (Å²) < 4.78 is 22.0. The summed E-state index contributed by atoms with van der Waals surface area (Å²) in [7, 11) is 1.58. The number of anilines is 2. The van der Waals surface area contributed by atoms with Crippen molar-refractivity contribution < 1.29 is 23.4 Å². The maximum atomic E-state index is 12.8. The Morgan fingerprint density at radius 2 is 1.61 bits per heavy atom.